The average Bonchev–Trinajstić information content (AvgIpc) is 3.35. The minimum atomic E-state index is -0.192. The second-order valence-electron chi connectivity index (χ2n) is 5.90. The van der Waals surface area contributed by atoms with Gasteiger partial charge in [-0.25, -0.2) is 0 Å². The molecule has 6 heteroatoms. The fourth-order valence-corrected chi connectivity index (χ4v) is 5.71. The zero-order chi connectivity index (χ0) is 17.1. The lowest BCUT2D eigenvalue weighted by Gasteiger charge is -2.11. The molecule has 0 bridgehead atoms. The highest BCUT2D eigenvalue weighted by Crippen LogP contribution is 2.45. The number of rotatable bonds is 4. The summed E-state index contributed by atoms with van der Waals surface area (Å²) in [6.45, 7) is 0. The number of nitrogens with one attached hydrogen (secondary N) is 1. The molecule has 2 aromatic rings. The lowest BCUT2D eigenvalue weighted by atomic mass is 10.0. The molecule has 2 aliphatic rings. The lowest BCUT2D eigenvalue weighted by Crippen LogP contribution is -2.21. The van der Waals surface area contributed by atoms with Crippen LogP contribution < -0.4 is 5.32 Å². The molecule has 0 radical (unpaired) electrons. The van der Waals surface area contributed by atoms with Crippen LogP contribution in [0.15, 0.2) is 59.8 Å². The maximum absolute atomic E-state index is 12.5. The zero-order valence-corrected chi connectivity index (χ0v) is 15.2. The first-order valence-electron chi connectivity index (χ1n) is 8.22. The molecule has 1 fully saturated rings. The van der Waals surface area contributed by atoms with Gasteiger partial charge in [-0.15, -0.1) is 23.5 Å². The van der Waals surface area contributed by atoms with Gasteiger partial charge in [0, 0.05) is 23.6 Å². The van der Waals surface area contributed by atoms with E-state index in [0.29, 0.717) is 16.7 Å². The number of nitrogens with zero attached hydrogens (tertiary/aromatic N) is 1. The van der Waals surface area contributed by atoms with Gasteiger partial charge in [0.25, 0.3) is 5.91 Å². The van der Waals surface area contributed by atoms with E-state index < -0.39 is 0 Å². The van der Waals surface area contributed by atoms with E-state index in [4.69, 9.17) is 4.84 Å². The van der Waals surface area contributed by atoms with Gasteiger partial charge in [-0.2, -0.15) is 0 Å². The molecule has 0 spiro atoms. The van der Waals surface area contributed by atoms with Crippen LogP contribution in [-0.2, 0) is 9.63 Å². The number of hydrogen-bond donors (Lipinski definition) is 1. The first-order valence-corrected chi connectivity index (χ1v) is 10.3. The molecule has 128 valence electrons. The molecule has 1 N–H and O–H groups in total. The van der Waals surface area contributed by atoms with E-state index in [2.05, 4.69) is 22.6 Å². The second-order valence-corrected chi connectivity index (χ2v) is 8.62. The summed E-state index contributed by atoms with van der Waals surface area (Å²) in [7, 11) is 0. The van der Waals surface area contributed by atoms with E-state index in [9.17, 15) is 4.79 Å². The molecule has 1 atom stereocenters. The SMILES string of the molecule is O=C(Nc1cccc(C2SCCS2)c1)C1=NOC(c2ccccc2)C1. The summed E-state index contributed by atoms with van der Waals surface area (Å²) >= 11 is 3.91. The molecular formula is C19H18N2O2S2. The van der Waals surface area contributed by atoms with Gasteiger partial charge in [-0.3, -0.25) is 4.79 Å². The summed E-state index contributed by atoms with van der Waals surface area (Å²) in [4.78, 5) is 17.9. The fourth-order valence-electron chi connectivity index (χ4n) is 2.88. The third-order valence-electron chi connectivity index (χ3n) is 4.14. The van der Waals surface area contributed by atoms with Crippen molar-refractivity contribution in [3.63, 3.8) is 0 Å². The molecule has 2 aliphatic heterocycles. The molecule has 0 saturated carbocycles. The second kappa shape index (κ2) is 7.54. The summed E-state index contributed by atoms with van der Waals surface area (Å²) in [6.07, 6.45) is 0.309. The lowest BCUT2D eigenvalue weighted by molar-refractivity contribution is -0.110. The van der Waals surface area contributed by atoms with Crippen molar-refractivity contribution in [2.45, 2.75) is 17.1 Å². The number of carbonyl (C=O) groups excluding carboxylic acids is 1. The predicted molar refractivity (Wildman–Crippen MR) is 105 cm³/mol. The fraction of sp³-hybridized carbons (Fsp3) is 0.263. The Labute approximate surface area is 155 Å². The van der Waals surface area contributed by atoms with E-state index in [-0.39, 0.29) is 12.0 Å². The Kier molecular flexibility index (Phi) is 4.99. The Bertz CT molecular complexity index is 789. The molecule has 2 heterocycles. The van der Waals surface area contributed by atoms with Crippen LogP contribution >= 0.6 is 23.5 Å². The molecule has 1 unspecified atom stereocenters. The van der Waals surface area contributed by atoms with Crippen molar-refractivity contribution in [1.29, 1.82) is 0 Å². The average molecular weight is 370 g/mol. The van der Waals surface area contributed by atoms with Crippen molar-refractivity contribution in [3.05, 3.63) is 65.7 Å². The molecule has 0 aromatic heterocycles. The van der Waals surface area contributed by atoms with Gasteiger partial charge in [0.1, 0.15) is 5.71 Å². The van der Waals surface area contributed by atoms with Gasteiger partial charge in [-0.05, 0) is 23.3 Å². The molecule has 0 aliphatic carbocycles. The summed E-state index contributed by atoms with van der Waals surface area (Å²) in [5.74, 6) is 2.17. The highest BCUT2D eigenvalue weighted by atomic mass is 32.2. The third-order valence-corrected chi connectivity index (χ3v) is 7.25. The minimum absolute atomic E-state index is 0.181. The first kappa shape index (κ1) is 16.5. The topological polar surface area (TPSA) is 50.7 Å². The number of hydrogen-bond acceptors (Lipinski definition) is 5. The van der Waals surface area contributed by atoms with Crippen LogP contribution in [0.3, 0.4) is 0 Å². The molecule has 1 saturated heterocycles. The monoisotopic (exact) mass is 370 g/mol. The van der Waals surface area contributed by atoms with Crippen LogP contribution in [0.4, 0.5) is 5.69 Å². The molecular weight excluding hydrogens is 352 g/mol. The third kappa shape index (κ3) is 3.85. The Balaban J connectivity index is 1.40. The van der Waals surface area contributed by atoms with Crippen LogP contribution in [0.2, 0.25) is 0 Å². The van der Waals surface area contributed by atoms with Gasteiger partial charge < -0.3 is 10.2 Å². The molecule has 4 nitrogen and oxygen atoms in total. The highest BCUT2D eigenvalue weighted by molar-refractivity contribution is 8.19. The van der Waals surface area contributed by atoms with E-state index >= 15 is 0 Å². The maximum atomic E-state index is 12.5. The van der Waals surface area contributed by atoms with E-state index in [1.165, 1.54) is 17.1 Å². The molecule has 2 aromatic carbocycles. The van der Waals surface area contributed by atoms with Gasteiger partial charge >= 0.3 is 0 Å². The molecule has 4 rings (SSSR count). The van der Waals surface area contributed by atoms with Gasteiger partial charge in [0.2, 0.25) is 0 Å². The van der Waals surface area contributed by atoms with Gasteiger partial charge in [0.05, 0.1) is 4.58 Å². The van der Waals surface area contributed by atoms with Crippen LogP contribution in [-0.4, -0.2) is 23.1 Å². The van der Waals surface area contributed by atoms with Crippen LogP contribution in [0.1, 0.15) is 28.2 Å². The number of oxime groups is 1. The normalized spacial score (nSPS) is 20.2. The number of amides is 1. The van der Waals surface area contributed by atoms with Crippen molar-refractivity contribution < 1.29 is 9.63 Å². The van der Waals surface area contributed by atoms with E-state index in [1.807, 2.05) is 66.0 Å². The van der Waals surface area contributed by atoms with Crippen molar-refractivity contribution in [1.82, 2.24) is 0 Å². The smallest absolute Gasteiger partial charge is 0.273 e. The van der Waals surface area contributed by atoms with Crippen molar-refractivity contribution in [2.24, 2.45) is 5.16 Å². The van der Waals surface area contributed by atoms with Crippen molar-refractivity contribution in [2.75, 3.05) is 16.8 Å². The van der Waals surface area contributed by atoms with Crippen LogP contribution in [0.25, 0.3) is 0 Å². The summed E-state index contributed by atoms with van der Waals surface area (Å²) < 4.78 is 0.464. The van der Waals surface area contributed by atoms with E-state index in [1.54, 1.807) is 0 Å². The summed E-state index contributed by atoms with van der Waals surface area (Å²) in [5, 5.41) is 6.94. The zero-order valence-electron chi connectivity index (χ0n) is 13.6. The summed E-state index contributed by atoms with van der Waals surface area (Å²) in [5.41, 5.74) is 3.52. The standard InChI is InChI=1S/C19H18N2O2S2/c22-18(16-12-17(23-21-16)13-5-2-1-3-6-13)20-15-8-4-7-14(11-15)19-24-9-10-25-19/h1-8,11,17,19H,9-10,12H2,(H,20,22). The Morgan fingerprint density at radius 1 is 1.04 bits per heavy atom. The first-order chi connectivity index (χ1) is 12.3. The van der Waals surface area contributed by atoms with E-state index in [0.717, 1.165) is 11.3 Å². The van der Waals surface area contributed by atoms with Crippen molar-refractivity contribution in [3.8, 4) is 0 Å². The predicted octanol–water partition coefficient (Wildman–Crippen LogP) is 4.62. The highest BCUT2D eigenvalue weighted by Gasteiger charge is 2.27. The molecule has 25 heavy (non-hydrogen) atoms. The quantitative estimate of drug-likeness (QED) is 0.853. The Hall–Kier alpha value is -1.92. The largest absolute Gasteiger partial charge is 0.387 e. The van der Waals surface area contributed by atoms with Gasteiger partial charge in [0.15, 0.2) is 6.10 Å². The minimum Gasteiger partial charge on any atom is -0.387 e. The van der Waals surface area contributed by atoms with Crippen molar-refractivity contribution >= 4 is 40.8 Å². The number of anilines is 1. The number of benzene rings is 2. The van der Waals surface area contributed by atoms with Gasteiger partial charge in [-0.1, -0.05) is 47.6 Å². The number of thioether (sulfide) groups is 2. The summed E-state index contributed by atoms with van der Waals surface area (Å²) in [6, 6.07) is 17.9. The Morgan fingerprint density at radius 2 is 1.80 bits per heavy atom. The maximum Gasteiger partial charge on any atom is 0.273 e. The Morgan fingerprint density at radius 3 is 2.60 bits per heavy atom. The van der Waals surface area contributed by atoms with Crippen LogP contribution in [0.5, 0.6) is 0 Å². The number of carbonyl (C=O) groups is 1. The van der Waals surface area contributed by atoms with Crippen LogP contribution in [0, 0.1) is 0 Å². The molecule has 1 amide bonds.